The van der Waals surface area contributed by atoms with Crippen molar-refractivity contribution in [3.05, 3.63) is 131 Å². The Labute approximate surface area is 200 Å². The lowest BCUT2D eigenvalue weighted by atomic mass is 9.97. The molecule has 2 N–H and O–H groups in total. The van der Waals surface area contributed by atoms with Crippen molar-refractivity contribution in [1.82, 2.24) is 5.32 Å². The molecule has 0 aliphatic carbocycles. The second-order valence-electron chi connectivity index (χ2n) is 8.19. The summed E-state index contributed by atoms with van der Waals surface area (Å²) in [5.74, 6) is -0.378. The van der Waals surface area contributed by atoms with E-state index in [-0.39, 0.29) is 22.1 Å². The summed E-state index contributed by atoms with van der Waals surface area (Å²) in [6.07, 6.45) is 0. The van der Waals surface area contributed by atoms with Crippen LogP contribution in [0.15, 0.2) is 108 Å². The first-order valence-corrected chi connectivity index (χ1v) is 12.4. The van der Waals surface area contributed by atoms with Gasteiger partial charge in [0.05, 0.1) is 22.2 Å². The summed E-state index contributed by atoms with van der Waals surface area (Å²) in [5.41, 5.74) is 4.40. The van der Waals surface area contributed by atoms with Gasteiger partial charge < -0.3 is 5.32 Å². The van der Waals surface area contributed by atoms with E-state index in [2.05, 4.69) is 10.0 Å². The van der Waals surface area contributed by atoms with Crippen LogP contribution in [0.5, 0.6) is 0 Å². The fraction of sp³-hybridized carbons (Fsp3) is 0.107. The van der Waals surface area contributed by atoms with Gasteiger partial charge in [-0.1, -0.05) is 90.0 Å². The number of benzene rings is 4. The number of carbonyl (C=O) groups is 1. The number of rotatable bonds is 7. The topological polar surface area (TPSA) is 75.3 Å². The summed E-state index contributed by atoms with van der Waals surface area (Å²) in [5, 5.41) is 3.08. The molecule has 0 bridgehead atoms. The first kappa shape index (κ1) is 23.3. The fourth-order valence-corrected chi connectivity index (χ4v) is 4.74. The van der Waals surface area contributed by atoms with E-state index in [1.807, 2.05) is 68.4 Å². The Morgan fingerprint density at radius 2 is 1.21 bits per heavy atom. The van der Waals surface area contributed by atoms with E-state index in [0.29, 0.717) is 0 Å². The molecule has 0 spiro atoms. The molecule has 172 valence electrons. The summed E-state index contributed by atoms with van der Waals surface area (Å²) in [6.45, 7) is 3.90. The van der Waals surface area contributed by atoms with Gasteiger partial charge >= 0.3 is 0 Å². The third-order valence-electron chi connectivity index (χ3n) is 5.57. The van der Waals surface area contributed by atoms with Crippen molar-refractivity contribution in [3.8, 4) is 0 Å². The zero-order valence-corrected chi connectivity index (χ0v) is 19.8. The molecule has 1 atom stereocenters. The molecule has 4 aromatic rings. The van der Waals surface area contributed by atoms with Crippen LogP contribution in [0.25, 0.3) is 0 Å². The molecule has 0 aliphatic rings. The molecular formula is C28H26N2O3S. The highest BCUT2D eigenvalue weighted by Gasteiger charge is 2.22. The van der Waals surface area contributed by atoms with Crippen LogP contribution in [0.1, 0.15) is 38.7 Å². The van der Waals surface area contributed by atoms with Crippen LogP contribution in [0.4, 0.5) is 5.69 Å². The van der Waals surface area contributed by atoms with Crippen LogP contribution in [-0.2, 0) is 10.0 Å². The van der Waals surface area contributed by atoms with E-state index < -0.39 is 16.1 Å². The van der Waals surface area contributed by atoms with Gasteiger partial charge in [-0.2, -0.15) is 0 Å². The molecule has 0 radical (unpaired) electrons. The fourth-order valence-electron chi connectivity index (χ4n) is 3.66. The molecule has 0 unspecified atom stereocenters. The maximum Gasteiger partial charge on any atom is 0.261 e. The molecule has 4 aromatic carbocycles. The Kier molecular flexibility index (Phi) is 6.80. The number of hydrogen-bond donors (Lipinski definition) is 2. The van der Waals surface area contributed by atoms with Crippen LogP contribution in [0, 0.1) is 13.8 Å². The molecule has 0 saturated heterocycles. The van der Waals surface area contributed by atoms with Gasteiger partial charge in [-0.15, -0.1) is 0 Å². The average Bonchev–Trinajstić information content (AvgIpc) is 2.84. The third kappa shape index (κ3) is 5.35. The Hall–Kier alpha value is -3.90. The Morgan fingerprint density at radius 3 is 1.85 bits per heavy atom. The molecule has 1 amide bonds. The monoisotopic (exact) mass is 470 g/mol. The minimum atomic E-state index is -3.85. The lowest BCUT2D eigenvalue weighted by Crippen LogP contribution is -2.30. The van der Waals surface area contributed by atoms with Crippen molar-refractivity contribution in [3.63, 3.8) is 0 Å². The second kappa shape index (κ2) is 9.93. The lowest BCUT2D eigenvalue weighted by Gasteiger charge is -2.21. The van der Waals surface area contributed by atoms with Crippen molar-refractivity contribution in [2.75, 3.05) is 4.72 Å². The summed E-state index contributed by atoms with van der Waals surface area (Å²) in [4.78, 5) is 13.5. The zero-order chi connectivity index (χ0) is 24.1. The van der Waals surface area contributed by atoms with E-state index >= 15 is 0 Å². The maximum absolute atomic E-state index is 13.4. The zero-order valence-electron chi connectivity index (χ0n) is 19.0. The number of nitrogens with one attached hydrogen (secondary N) is 2. The average molecular weight is 471 g/mol. The van der Waals surface area contributed by atoms with Crippen LogP contribution >= 0.6 is 0 Å². The van der Waals surface area contributed by atoms with Gasteiger partial charge in [0.15, 0.2) is 0 Å². The van der Waals surface area contributed by atoms with Gasteiger partial charge in [0.1, 0.15) is 0 Å². The second-order valence-corrected chi connectivity index (χ2v) is 9.87. The van der Waals surface area contributed by atoms with Gasteiger partial charge in [-0.25, -0.2) is 8.42 Å². The summed E-state index contributed by atoms with van der Waals surface area (Å²) in [6, 6.07) is 30.4. The van der Waals surface area contributed by atoms with Gasteiger partial charge in [0.2, 0.25) is 0 Å². The first-order chi connectivity index (χ1) is 16.3. The summed E-state index contributed by atoms with van der Waals surface area (Å²) in [7, 11) is -3.85. The molecule has 4 rings (SSSR count). The van der Waals surface area contributed by atoms with Crippen LogP contribution in [-0.4, -0.2) is 14.3 Å². The molecule has 0 saturated carbocycles. The van der Waals surface area contributed by atoms with Crippen molar-refractivity contribution in [2.45, 2.75) is 24.8 Å². The lowest BCUT2D eigenvalue weighted by molar-refractivity contribution is 0.0944. The normalized spacial score (nSPS) is 12.1. The van der Waals surface area contributed by atoms with E-state index in [1.165, 1.54) is 0 Å². The maximum atomic E-state index is 13.4. The van der Waals surface area contributed by atoms with Crippen LogP contribution in [0.3, 0.4) is 0 Å². The van der Waals surface area contributed by atoms with Crippen LogP contribution in [0.2, 0.25) is 0 Å². The number of sulfonamides is 1. The highest BCUT2D eigenvalue weighted by Crippen LogP contribution is 2.25. The van der Waals surface area contributed by atoms with Gasteiger partial charge in [-0.3, -0.25) is 9.52 Å². The first-order valence-electron chi connectivity index (χ1n) is 10.9. The van der Waals surface area contributed by atoms with E-state index in [9.17, 15) is 13.2 Å². The molecule has 0 heterocycles. The Balaban J connectivity index is 1.65. The molecule has 0 aliphatic heterocycles. The molecule has 6 heteroatoms. The molecule has 34 heavy (non-hydrogen) atoms. The van der Waals surface area contributed by atoms with Gasteiger partial charge in [-0.05, 0) is 49.2 Å². The number of aryl methyl sites for hydroxylation is 2. The van der Waals surface area contributed by atoms with Gasteiger partial charge in [0.25, 0.3) is 15.9 Å². The van der Waals surface area contributed by atoms with E-state index in [0.717, 1.165) is 22.3 Å². The van der Waals surface area contributed by atoms with Crippen molar-refractivity contribution in [2.24, 2.45) is 0 Å². The number of amides is 1. The Bertz CT molecular complexity index is 1380. The largest absolute Gasteiger partial charge is 0.341 e. The van der Waals surface area contributed by atoms with E-state index in [4.69, 9.17) is 0 Å². The Morgan fingerprint density at radius 1 is 0.676 bits per heavy atom. The SMILES string of the molecule is Cc1ccc([C@H](NC(=O)c2ccccc2NS(=O)(=O)c2ccc(C)cc2)c2ccccc2)cc1. The molecule has 0 fully saturated rings. The standard InChI is InChI=1S/C28H26N2O3S/c1-20-12-16-23(17-13-20)27(22-8-4-3-5-9-22)29-28(31)25-10-6-7-11-26(25)30-34(32,33)24-18-14-21(2)15-19-24/h3-19,27,30H,1-2H3,(H,29,31)/t27-/m1/s1. The molecular weight excluding hydrogens is 444 g/mol. The quantitative estimate of drug-likeness (QED) is 0.368. The number of carbonyl (C=O) groups excluding carboxylic acids is 1. The van der Waals surface area contributed by atoms with Crippen molar-refractivity contribution in [1.29, 1.82) is 0 Å². The van der Waals surface area contributed by atoms with Crippen LogP contribution < -0.4 is 10.0 Å². The number of para-hydroxylation sites is 1. The molecule has 0 aromatic heterocycles. The third-order valence-corrected chi connectivity index (χ3v) is 6.95. The van der Waals surface area contributed by atoms with E-state index in [1.54, 1.807) is 48.5 Å². The predicted octanol–water partition coefficient (Wildman–Crippen LogP) is 5.62. The predicted molar refractivity (Wildman–Crippen MR) is 135 cm³/mol. The smallest absolute Gasteiger partial charge is 0.261 e. The highest BCUT2D eigenvalue weighted by molar-refractivity contribution is 7.92. The van der Waals surface area contributed by atoms with Crippen molar-refractivity contribution >= 4 is 21.6 Å². The molecule has 5 nitrogen and oxygen atoms in total. The number of anilines is 1. The number of hydrogen-bond acceptors (Lipinski definition) is 3. The minimum Gasteiger partial charge on any atom is -0.341 e. The summed E-state index contributed by atoms with van der Waals surface area (Å²) >= 11 is 0. The summed E-state index contributed by atoms with van der Waals surface area (Å²) < 4.78 is 28.5. The highest BCUT2D eigenvalue weighted by atomic mass is 32.2. The van der Waals surface area contributed by atoms with Crippen molar-refractivity contribution < 1.29 is 13.2 Å². The van der Waals surface area contributed by atoms with Gasteiger partial charge in [0, 0.05) is 0 Å². The minimum absolute atomic E-state index is 0.134.